The van der Waals surface area contributed by atoms with E-state index in [1.54, 1.807) is 11.3 Å². The second kappa shape index (κ2) is 8.67. The van der Waals surface area contributed by atoms with Crippen LogP contribution < -0.4 is 10.1 Å². The fourth-order valence-electron chi connectivity index (χ4n) is 2.62. The number of benzene rings is 2. The Balaban J connectivity index is 1.65. The lowest BCUT2D eigenvalue weighted by Crippen LogP contribution is -2.15. The summed E-state index contributed by atoms with van der Waals surface area (Å²) in [5.74, 6) is 0.723. The van der Waals surface area contributed by atoms with Crippen molar-refractivity contribution in [3.8, 4) is 16.3 Å². The van der Waals surface area contributed by atoms with Crippen molar-refractivity contribution in [3.05, 3.63) is 63.6 Å². The van der Waals surface area contributed by atoms with E-state index in [2.05, 4.69) is 26.2 Å². The minimum Gasteiger partial charge on any atom is -0.491 e. The lowest BCUT2D eigenvalue weighted by Gasteiger charge is -2.13. The van der Waals surface area contributed by atoms with Gasteiger partial charge in [-0.2, -0.15) is 0 Å². The highest BCUT2D eigenvalue weighted by molar-refractivity contribution is 9.10. The first-order chi connectivity index (χ1) is 12.9. The van der Waals surface area contributed by atoms with E-state index in [9.17, 15) is 4.79 Å². The van der Waals surface area contributed by atoms with Gasteiger partial charge in [0.25, 0.3) is 0 Å². The molecule has 6 heteroatoms. The minimum absolute atomic E-state index is 0.0817. The zero-order valence-corrected chi connectivity index (χ0v) is 17.9. The van der Waals surface area contributed by atoms with Gasteiger partial charge in [0.2, 0.25) is 5.91 Å². The molecule has 0 bridgehead atoms. The lowest BCUT2D eigenvalue weighted by molar-refractivity contribution is -0.115. The second-order valence-corrected chi connectivity index (χ2v) is 8.30. The molecule has 0 unspecified atom stereocenters. The normalized spacial score (nSPS) is 10.9. The van der Waals surface area contributed by atoms with Crippen molar-refractivity contribution in [2.75, 3.05) is 5.32 Å². The third-order valence-corrected chi connectivity index (χ3v) is 5.24. The number of nitrogens with one attached hydrogen (secondary N) is 1. The Morgan fingerprint density at radius 2 is 2.07 bits per heavy atom. The molecule has 3 rings (SSSR count). The van der Waals surface area contributed by atoms with Crippen LogP contribution in [0.15, 0.2) is 52.3 Å². The van der Waals surface area contributed by atoms with Gasteiger partial charge < -0.3 is 10.1 Å². The molecule has 1 amide bonds. The predicted octanol–water partition coefficient (Wildman–Crippen LogP) is 5.85. The molecule has 27 heavy (non-hydrogen) atoms. The highest BCUT2D eigenvalue weighted by Crippen LogP contribution is 2.27. The van der Waals surface area contributed by atoms with Gasteiger partial charge in [-0.3, -0.25) is 4.79 Å². The molecule has 0 aliphatic heterocycles. The average Bonchev–Trinajstić information content (AvgIpc) is 3.05. The molecular weight excluding hydrogens is 424 g/mol. The van der Waals surface area contributed by atoms with Gasteiger partial charge in [-0.15, -0.1) is 11.3 Å². The van der Waals surface area contributed by atoms with Crippen LogP contribution >= 0.6 is 27.3 Å². The minimum atomic E-state index is -0.0817. The van der Waals surface area contributed by atoms with Crippen LogP contribution in [-0.4, -0.2) is 17.0 Å². The summed E-state index contributed by atoms with van der Waals surface area (Å²) in [6, 6.07) is 13.7. The number of carbonyl (C=O) groups is 1. The van der Waals surface area contributed by atoms with E-state index < -0.39 is 0 Å². The number of aryl methyl sites for hydroxylation is 1. The van der Waals surface area contributed by atoms with Crippen LogP contribution in [0.5, 0.6) is 5.75 Å². The first-order valence-corrected chi connectivity index (χ1v) is 10.4. The smallest absolute Gasteiger partial charge is 0.230 e. The highest BCUT2D eigenvalue weighted by Gasteiger charge is 2.11. The summed E-state index contributed by atoms with van der Waals surface area (Å²) in [5, 5.41) is 5.80. The van der Waals surface area contributed by atoms with Gasteiger partial charge in [0.1, 0.15) is 10.8 Å². The Labute approximate surface area is 171 Å². The molecule has 2 aromatic carbocycles. The number of aromatic nitrogens is 1. The maximum absolute atomic E-state index is 12.4. The van der Waals surface area contributed by atoms with Crippen molar-refractivity contribution in [1.82, 2.24) is 4.98 Å². The summed E-state index contributed by atoms with van der Waals surface area (Å²) >= 11 is 5.01. The molecule has 0 fully saturated rings. The van der Waals surface area contributed by atoms with Gasteiger partial charge in [0.05, 0.1) is 18.2 Å². The van der Waals surface area contributed by atoms with Gasteiger partial charge >= 0.3 is 0 Å². The van der Waals surface area contributed by atoms with E-state index in [-0.39, 0.29) is 18.4 Å². The SMILES string of the molecule is Cc1cc(OC(C)C)ccc1NC(=O)Cc1csc(-c2cccc(Br)c2)n1. The van der Waals surface area contributed by atoms with E-state index in [1.165, 1.54) is 0 Å². The molecule has 0 saturated carbocycles. The molecule has 1 N–H and O–H groups in total. The number of hydrogen-bond donors (Lipinski definition) is 1. The Kier molecular flexibility index (Phi) is 6.29. The van der Waals surface area contributed by atoms with E-state index in [0.29, 0.717) is 0 Å². The van der Waals surface area contributed by atoms with Crippen molar-refractivity contribution in [2.45, 2.75) is 33.3 Å². The Morgan fingerprint density at radius 3 is 2.78 bits per heavy atom. The number of rotatable bonds is 6. The number of amides is 1. The zero-order chi connectivity index (χ0) is 19.4. The number of nitrogens with zero attached hydrogens (tertiary/aromatic N) is 1. The van der Waals surface area contributed by atoms with Gasteiger partial charge in [0.15, 0.2) is 0 Å². The van der Waals surface area contributed by atoms with Gasteiger partial charge in [-0.1, -0.05) is 28.1 Å². The topological polar surface area (TPSA) is 51.2 Å². The number of carbonyl (C=O) groups excluding carboxylic acids is 1. The van der Waals surface area contributed by atoms with Crippen LogP contribution in [0.3, 0.4) is 0 Å². The number of ether oxygens (including phenoxy) is 1. The summed E-state index contributed by atoms with van der Waals surface area (Å²) in [4.78, 5) is 17.0. The predicted molar refractivity (Wildman–Crippen MR) is 115 cm³/mol. The second-order valence-electron chi connectivity index (χ2n) is 6.52. The van der Waals surface area contributed by atoms with Crippen LogP contribution in [0.4, 0.5) is 5.69 Å². The zero-order valence-electron chi connectivity index (χ0n) is 15.5. The quantitative estimate of drug-likeness (QED) is 0.518. The summed E-state index contributed by atoms with van der Waals surface area (Å²) in [6.45, 7) is 5.93. The van der Waals surface area contributed by atoms with Crippen molar-refractivity contribution in [2.24, 2.45) is 0 Å². The summed E-state index contributed by atoms with van der Waals surface area (Å²) in [6.07, 6.45) is 0.364. The maximum Gasteiger partial charge on any atom is 0.230 e. The number of hydrogen-bond acceptors (Lipinski definition) is 4. The Bertz CT molecular complexity index is 953. The Morgan fingerprint density at radius 1 is 1.26 bits per heavy atom. The first kappa shape index (κ1) is 19.6. The molecule has 1 heterocycles. The third kappa shape index (κ3) is 5.40. The molecule has 140 valence electrons. The largest absolute Gasteiger partial charge is 0.491 e. The molecule has 0 saturated heterocycles. The molecule has 0 aliphatic rings. The van der Waals surface area contributed by atoms with E-state index in [0.717, 1.165) is 37.7 Å². The van der Waals surface area contributed by atoms with Crippen LogP contribution in [0, 0.1) is 6.92 Å². The summed E-state index contributed by atoms with van der Waals surface area (Å²) in [5.41, 5.74) is 3.57. The van der Waals surface area contributed by atoms with Crippen LogP contribution in [-0.2, 0) is 11.2 Å². The molecule has 0 spiro atoms. The van der Waals surface area contributed by atoms with Crippen molar-refractivity contribution < 1.29 is 9.53 Å². The van der Waals surface area contributed by atoms with E-state index >= 15 is 0 Å². The first-order valence-electron chi connectivity index (χ1n) is 8.68. The molecule has 4 nitrogen and oxygen atoms in total. The monoisotopic (exact) mass is 444 g/mol. The van der Waals surface area contributed by atoms with Crippen LogP contribution in [0.2, 0.25) is 0 Å². The standard InChI is InChI=1S/C21H21BrN2O2S/c1-13(2)26-18-7-8-19(14(3)9-18)24-20(25)11-17-12-27-21(23-17)15-5-4-6-16(22)10-15/h4-10,12-13H,11H2,1-3H3,(H,24,25). The molecule has 1 aromatic heterocycles. The fraction of sp³-hybridized carbons (Fsp3) is 0.238. The van der Waals surface area contributed by atoms with Crippen LogP contribution in [0.25, 0.3) is 10.6 Å². The Hall–Kier alpha value is -2.18. The van der Waals surface area contributed by atoms with Crippen molar-refractivity contribution >= 4 is 38.9 Å². The van der Waals surface area contributed by atoms with Crippen molar-refractivity contribution in [3.63, 3.8) is 0 Å². The highest BCUT2D eigenvalue weighted by atomic mass is 79.9. The number of anilines is 1. The van der Waals surface area contributed by atoms with Crippen molar-refractivity contribution in [1.29, 1.82) is 0 Å². The van der Waals surface area contributed by atoms with Crippen LogP contribution in [0.1, 0.15) is 25.1 Å². The van der Waals surface area contributed by atoms with E-state index in [1.807, 2.05) is 68.6 Å². The summed E-state index contributed by atoms with van der Waals surface area (Å²) < 4.78 is 6.69. The molecule has 0 atom stereocenters. The molecular formula is C21H21BrN2O2S. The average molecular weight is 445 g/mol. The van der Waals surface area contributed by atoms with Gasteiger partial charge in [-0.25, -0.2) is 4.98 Å². The number of halogens is 1. The van der Waals surface area contributed by atoms with Gasteiger partial charge in [0, 0.05) is 21.1 Å². The lowest BCUT2D eigenvalue weighted by atomic mass is 10.2. The molecule has 0 aliphatic carbocycles. The van der Waals surface area contributed by atoms with Gasteiger partial charge in [-0.05, 0) is 56.7 Å². The van der Waals surface area contributed by atoms with E-state index in [4.69, 9.17) is 4.74 Å². The number of thiazole rings is 1. The molecule has 0 radical (unpaired) electrons. The maximum atomic E-state index is 12.4. The summed E-state index contributed by atoms with van der Waals surface area (Å²) in [7, 11) is 0. The third-order valence-electron chi connectivity index (χ3n) is 3.81. The molecule has 3 aromatic rings. The fourth-order valence-corrected chi connectivity index (χ4v) is 3.84.